The topological polar surface area (TPSA) is 55.1 Å². The zero-order valence-corrected chi connectivity index (χ0v) is 10.6. The molecule has 0 radical (unpaired) electrons. The van der Waals surface area contributed by atoms with Crippen LogP contribution in [0.1, 0.15) is 26.7 Å². The number of hydrogen-bond acceptors (Lipinski definition) is 2. The van der Waals surface area contributed by atoms with Crippen molar-refractivity contribution >= 4 is 17.5 Å². The first-order chi connectivity index (χ1) is 6.59. The number of alkyl halides is 1. The minimum absolute atomic E-state index is 0.316. The van der Waals surface area contributed by atoms with Crippen molar-refractivity contribution in [1.29, 1.82) is 0 Å². The smallest absolute Gasteiger partial charge is 0.244 e. The Bertz CT molecular complexity index is 147. The van der Waals surface area contributed by atoms with Gasteiger partial charge in [0.25, 0.3) is 0 Å². The first-order valence-electron chi connectivity index (χ1n) is 4.52. The monoisotopic (exact) mass is 222 g/mol. The van der Waals surface area contributed by atoms with Gasteiger partial charge in [-0.15, -0.1) is 11.6 Å². The van der Waals surface area contributed by atoms with Crippen LogP contribution in [0.15, 0.2) is 11.6 Å². The summed E-state index contributed by atoms with van der Waals surface area (Å²) in [6.07, 6.45) is 5.34. The number of rotatable bonds is 3. The van der Waals surface area contributed by atoms with Gasteiger partial charge in [0.05, 0.1) is 0 Å². The highest BCUT2D eigenvalue weighted by molar-refractivity contribution is 6.15. The van der Waals surface area contributed by atoms with Crippen molar-refractivity contribution in [2.24, 2.45) is 5.73 Å². The van der Waals surface area contributed by atoms with Crippen LogP contribution in [0.2, 0.25) is 0 Å². The number of nitrogens with two attached hydrogens (primary N) is 1. The predicted octanol–water partition coefficient (Wildman–Crippen LogP) is 1.91. The second-order valence-corrected chi connectivity index (χ2v) is 2.54. The van der Waals surface area contributed by atoms with Crippen LogP contribution in [-0.4, -0.2) is 26.4 Å². The predicted molar refractivity (Wildman–Crippen MR) is 64.6 cm³/mol. The summed E-state index contributed by atoms with van der Waals surface area (Å²) in [5.74, 6) is -0.316. The van der Waals surface area contributed by atoms with Gasteiger partial charge in [0.15, 0.2) is 0 Å². The van der Waals surface area contributed by atoms with Gasteiger partial charge in [0, 0.05) is 12.0 Å². The molecule has 0 atom stereocenters. The Morgan fingerprint density at radius 1 is 1.43 bits per heavy atom. The molecule has 4 heteroatoms. The van der Waals surface area contributed by atoms with Crippen LogP contribution < -0.4 is 11.1 Å². The van der Waals surface area contributed by atoms with Gasteiger partial charge < -0.3 is 11.1 Å². The first-order valence-corrected chi connectivity index (χ1v) is 5.28. The van der Waals surface area contributed by atoms with E-state index in [0.717, 1.165) is 12.8 Å². The minimum Gasteiger partial charge on any atom is -0.366 e. The van der Waals surface area contributed by atoms with Crippen LogP contribution >= 0.6 is 11.6 Å². The molecule has 86 valence electrons. The number of allylic oxidation sites excluding steroid dienone is 1. The molecule has 3 N–H and O–H groups in total. The van der Waals surface area contributed by atoms with E-state index in [4.69, 9.17) is 5.73 Å². The molecule has 0 aromatic carbocycles. The fraction of sp³-hybridized carbons (Fsp3) is 0.700. The summed E-state index contributed by atoms with van der Waals surface area (Å²) in [5.41, 5.74) is 5.63. The van der Waals surface area contributed by atoms with Crippen molar-refractivity contribution in [3.8, 4) is 0 Å². The van der Waals surface area contributed by atoms with Crippen LogP contribution in [0.25, 0.3) is 0 Å². The van der Waals surface area contributed by atoms with E-state index in [0.29, 0.717) is 5.57 Å². The molecule has 0 unspecified atom stereocenters. The van der Waals surface area contributed by atoms with Gasteiger partial charge in [-0.05, 0) is 27.4 Å². The Balaban J connectivity index is -0.000000205. The van der Waals surface area contributed by atoms with Gasteiger partial charge in [-0.3, -0.25) is 4.79 Å². The van der Waals surface area contributed by atoms with Gasteiger partial charge in [0.2, 0.25) is 5.91 Å². The summed E-state index contributed by atoms with van der Waals surface area (Å²) in [4.78, 5) is 10.4. The highest BCUT2D eigenvalue weighted by atomic mass is 35.5. The first kappa shape index (κ1) is 19.1. The Kier molecular flexibility index (Phi) is 24.9. The molecule has 0 aliphatic heterocycles. The van der Waals surface area contributed by atoms with Crippen LogP contribution in [0.4, 0.5) is 0 Å². The second-order valence-electron chi connectivity index (χ2n) is 2.54. The summed E-state index contributed by atoms with van der Waals surface area (Å²) in [7, 11) is 3.75. The van der Waals surface area contributed by atoms with Gasteiger partial charge in [-0.2, -0.15) is 0 Å². The zero-order chi connectivity index (χ0) is 12.0. The standard InChI is InChI=1S/C7H13NO.C2H7N.CH3Cl/c1-3-4-5-6(2)7(8)9;1-3-2;1-2/h5H,3-4H2,1-2H3,(H2,8,9);3H,1-2H3;1H3. The molecule has 14 heavy (non-hydrogen) atoms. The fourth-order valence-electron chi connectivity index (χ4n) is 0.461. The Morgan fingerprint density at radius 3 is 2.00 bits per heavy atom. The summed E-state index contributed by atoms with van der Waals surface area (Å²) in [5, 5.41) is 2.75. The third kappa shape index (κ3) is 22.5. The number of carbonyl (C=O) groups is 1. The second kappa shape index (κ2) is 18.3. The number of nitrogens with one attached hydrogen (secondary N) is 1. The van der Waals surface area contributed by atoms with Crippen molar-refractivity contribution in [3.63, 3.8) is 0 Å². The lowest BCUT2D eigenvalue weighted by molar-refractivity contribution is -0.114. The summed E-state index contributed by atoms with van der Waals surface area (Å²) < 4.78 is 0. The average Bonchev–Trinajstić information content (AvgIpc) is 2.18. The lowest BCUT2D eigenvalue weighted by Crippen LogP contribution is -2.11. The van der Waals surface area contributed by atoms with Crippen molar-refractivity contribution in [3.05, 3.63) is 11.6 Å². The maximum atomic E-state index is 10.4. The molecule has 0 rings (SSSR count). The van der Waals surface area contributed by atoms with Crippen LogP contribution in [-0.2, 0) is 4.79 Å². The van der Waals surface area contributed by atoms with E-state index in [1.807, 2.05) is 20.2 Å². The van der Waals surface area contributed by atoms with Crippen LogP contribution in [0.3, 0.4) is 0 Å². The molecule has 0 fully saturated rings. The molecule has 0 aliphatic carbocycles. The maximum absolute atomic E-state index is 10.4. The number of halogens is 1. The zero-order valence-electron chi connectivity index (χ0n) is 9.86. The molecule has 0 aliphatic rings. The van der Waals surface area contributed by atoms with E-state index in [9.17, 15) is 4.79 Å². The van der Waals surface area contributed by atoms with E-state index >= 15 is 0 Å². The quantitative estimate of drug-likeness (QED) is 0.566. The minimum atomic E-state index is -0.316. The normalized spacial score (nSPS) is 9.14. The number of primary amides is 1. The average molecular weight is 223 g/mol. The van der Waals surface area contributed by atoms with E-state index in [1.54, 1.807) is 6.92 Å². The van der Waals surface area contributed by atoms with Crippen LogP contribution in [0.5, 0.6) is 0 Å². The van der Waals surface area contributed by atoms with Gasteiger partial charge in [-0.1, -0.05) is 19.4 Å². The molecule has 0 heterocycles. The molecule has 0 aromatic heterocycles. The summed E-state index contributed by atoms with van der Waals surface area (Å²) in [6.45, 7) is 3.79. The largest absolute Gasteiger partial charge is 0.366 e. The fourth-order valence-corrected chi connectivity index (χ4v) is 0.461. The van der Waals surface area contributed by atoms with Gasteiger partial charge in [0.1, 0.15) is 0 Å². The number of hydrogen-bond donors (Lipinski definition) is 2. The Labute approximate surface area is 92.7 Å². The van der Waals surface area contributed by atoms with Crippen molar-refractivity contribution < 1.29 is 4.79 Å². The lowest BCUT2D eigenvalue weighted by atomic mass is 10.2. The highest BCUT2D eigenvalue weighted by Gasteiger charge is 1.93. The summed E-state index contributed by atoms with van der Waals surface area (Å²) >= 11 is 4.64. The lowest BCUT2D eigenvalue weighted by Gasteiger charge is -1.90. The van der Waals surface area contributed by atoms with E-state index in [1.165, 1.54) is 6.38 Å². The number of carbonyl (C=O) groups excluding carboxylic acids is 1. The molecule has 0 saturated carbocycles. The summed E-state index contributed by atoms with van der Waals surface area (Å²) in [6, 6.07) is 0. The molecule has 0 aromatic rings. The molecule has 3 nitrogen and oxygen atoms in total. The third-order valence-corrected chi connectivity index (χ3v) is 1.13. The maximum Gasteiger partial charge on any atom is 0.244 e. The van der Waals surface area contributed by atoms with Gasteiger partial charge in [-0.25, -0.2) is 0 Å². The Hall–Kier alpha value is -0.540. The SMILES string of the molecule is CCCC=C(C)C(N)=O.CCl.CNC. The van der Waals surface area contributed by atoms with Gasteiger partial charge >= 0.3 is 0 Å². The Morgan fingerprint density at radius 2 is 1.79 bits per heavy atom. The van der Waals surface area contributed by atoms with Crippen molar-refractivity contribution in [2.45, 2.75) is 26.7 Å². The number of unbranched alkanes of at least 4 members (excludes halogenated alkanes) is 1. The van der Waals surface area contributed by atoms with E-state index in [-0.39, 0.29) is 5.91 Å². The third-order valence-electron chi connectivity index (χ3n) is 1.13. The van der Waals surface area contributed by atoms with Crippen molar-refractivity contribution in [1.82, 2.24) is 5.32 Å². The molecular formula is C10H23ClN2O. The van der Waals surface area contributed by atoms with E-state index in [2.05, 4.69) is 23.8 Å². The van der Waals surface area contributed by atoms with E-state index < -0.39 is 0 Å². The molecule has 0 bridgehead atoms. The number of amides is 1. The van der Waals surface area contributed by atoms with Crippen LogP contribution in [0, 0.1) is 0 Å². The molecular weight excluding hydrogens is 200 g/mol. The molecule has 0 saturated heterocycles. The molecule has 1 amide bonds. The molecule has 0 spiro atoms. The highest BCUT2D eigenvalue weighted by Crippen LogP contribution is 1.95. The van der Waals surface area contributed by atoms with Crippen molar-refractivity contribution in [2.75, 3.05) is 20.5 Å².